The van der Waals surface area contributed by atoms with Crippen molar-refractivity contribution >= 4 is 34.0 Å². The fourth-order valence-electron chi connectivity index (χ4n) is 3.80. The number of aromatic nitrogens is 3. The fourth-order valence-corrected chi connectivity index (χ4v) is 4.42. The predicted molar refractivity (Wildman–Crippen MR) is 130 cm³/mol. The molecule has 158 valence electrons. The van der Waals surface area contributed by atoms with Gasteiger partial charge < -0.3 is 9.88 Å². The van der Waals surface area contributed by atoms with Crippen LogP contribution in [-0.2, 0) is 0 Å². The topological polar surface area (TPSA) is 59.8 Å². The molecular weight excluding hydrogens is 416 g/mol. The Morgan fingerprint density at radius 3 is 2.53 bits per heavy atom. The molecule has 0 unspecified atom stereocenters. The summed E-state index contributed by atoms with van der Waals surface area (Å²) < 4.78 is 2.15. The summed E-state index contributed by atoms with van der Waals surface area (Å²) in [5.74, 6) is -0.151. The van der Waals surface area contributed by atoms with Crippen LogP contribution in [0.1, 0.15) is 33.9 Å². The van der Waals surface area contributed by atoms with Gasteiger partial charge in [-0.25, -0.2) is 9.97 Å². The van der Waals surface area contributed by atoms with Crippen molar-refractivity contribution in [2.75, 3.05) is 5.32 Å². The van der Waals surface area contributed by atoms with Gasteiger partial charge in [0.25, 0.3) is 5.91 Å². The van der Waals surface area contributed by atoms with Crippen LogP contribution in [0.4, 0.5) is 5.69 Å². The molecule has 1 atom stereocenters. The molecule has 0 aliphatic carbocycles. The average molecular weight is 439 g/mol. The number of benzene rings is 3. The minimum atomic E-state index is -0.151. The van der Waals surface area contributed by atoms with E-state index >= 15 is 0 Å². The number of carbonyl (C=O) groups is 1. The van der Waals surface area contributed by atoms with Gasteiger partial charge in [-0.15, -0.1) is 11.3 Å². The fraction of sp³-hybridized carbons (Fsp3) is 0.115. The van der Waals surface area contributed by atoms with Crippen LogP contribution in [0.3, 0.4) is 0 Å². The Hall–Kier alpha value is -3.77. The molecular formula is C26H22N4OS. The molecule has 1 N–H and O–H groups in total. The van der Waals surface area contributed by atoms with Crippen LogP contribution in [0.5, 0.6) is 0 Å². The smallest absolute Gasteiger partial charge is 0.255 e. The van der Waals surface area contributed by atoms with Crippen molar-refractivity contribution in [1.82, 2.24) is 14.5 Å². The van der Waals surface area contributed by atoms with Crippen LogP contribution in [0.15, 0.2) is 84.5 Å². The van der Waals surface area contributed by atoms with E-state index in [1.807, 2.05) is 79.3 Å². The summed E-state index contributed by atoms with van der Waals surface area (Å²) in [5.41, 5.74) is 6.36. The van der Waals surface area contributed by atoms with Gasteiger partial charge in [0.1, 0.15) is 0 Å². The highest BCUT2D eigenvalue weighted by atomic mass is 32.1. The van der Waals surface area contributed by atoms with Crippen LogP contribution in [-0.4, -0.2) is 20.4 Å². The van der Waals surface area contributed by atoms with E-state index in [0.29, 0.717) is 5.56 Å². The number of carbonyl (C=O) groups excluding carboxylic acids is 1. The molecule has 0 saturated carbocycles. The van der Waals surface area contributed by atoms with Crippen molar-refractivity contribution in [2.24, 2.45) is 0 Å². The van der Waals surface area contributed by atoms with Crippen molar-refractivity contribution in [3.05, 3.63) is 101 Å². The SMILES string of the molecule is Cc1nc(-c2ccc(C(=O)Nc3ccc4c(c3)ncn4[C@@H](C)c3ccccc3)cc2)cs1. The van der Waals surface area contributed by atoms with Crippen molar-refractivity contribution in [3.8, 4) is 11.3 Å². The summed E-state index contributed by atoms with van der Waals surface area (Å²) in [4.78, 5) is 21.8. The Bertz CT molecular complexity index is 1390. The lowest BCUT2D eigenvalue weighted by atomic mass is 10.1. The molecule has 5 nitrogen and oxygen atoms in total. The minimum Gasteiger partial charge on any atom is -0.323 e. The van der Waals surface area contributed by atoms with Gasteiger partial charge in [-0.05, 0) is 49.7 Å². The van der Waals surface area contributed by atoms with E-state index in [0.717, 1.165) is 33.0 Å². The first-order chi connectivity index (χ1) is 15.6. The van der Waals surface area contributed by atoms with Gasteiger partial charge in [0.05, 0.1) is 34.1 Å². The molecule has 0 spiro atoms. The van der Waals surface area contributed by atoms with Crippen LogP contribution >= 0.6 is 11.3 Å². The highest BCUT2D eigenvalue weighted by Gasteiger charge is 2.13. The normalized spacial score (nSPS) is 12.1. The summed E-state index contributed by atoms with van der Waals surface area (Å²) in [6.45, 7) is 4.14. The molecule has 1 amide bonds. The molecule has 6 heteroatoms. The first kappa shape index (κ1) is 20.2. The number of nitrogens with one attached hydrogen (secondary N) is 1. The first-order valence-corrected chi connectivity index (χ1v) is 11.3. The van der Waals surface area contributed by atoms with E-state index in [4.69, 9.17) is 0 Å². The number of fused-ring (bicyclic) bond motifs is 1. The number of rotatable bonds is 5. The van der Waals surface area contributed by atoms with Crippen LogP contribution in [0.2, 0.25) is 0 Å². The second kappa shape index (κ2) is 8.40. The van der Waals surface area contributed by atoms with Crippen molar-refractivity contribution in [1.29, 1.82) is 0 Å². The largest absolute Gasteiger partial charge is 0.323 e. The van der Waals surface area contributed by atoms with Gasteiger partial charge in [0, 0.05) is 22.2 Å². The van der Waals surface area contributed by atoms with E-state index in [2.05, 4.69) is 38.9 Å². The quantitative estimate of drug-likeness (QED) is 0.349. The molecule has 5 aromatic rings. The average Bonchev–Trinajstić information content (AvgIpc) is 3.45. The number of imidazole rings is 1. The summed E-state index contributed by atoms with van der Waals surface area (Å²) in [6, 6.07) is 23.9. The molecule has 0 bridgehead atoms. The lowest BCUT2D eigenvalue weighted by molar-refractivity contribution is 0.102. The summed E-state index contributed by atoms with van der Waals surface area (Å²) in [6.07, 6.45) is 1.85. The molecule has 0 saturated heterocycles. The Labute approximate surface area is 190 Å². The standard InChI is InChI=1S/C26H22N4OS/c1-17(19-6-4-3-5-7-19)30-16-27-23-14-22(12-13-25(23)30)29-26(31)21-10-8-20(9-11-21)24-15-32-18(2)28-24/h3-17H,1-2H3,(H,29,31)/t17-/m0/s1. The highest BCUT2D eigenvalue weighted by Crippen LogP contribution is 2.26. The van der Waals surface area contributed by atoms with Crippen LogP contribution in [0, 0.1) is 6.92 Å². The predicted octanol–water partition coefficient (Wildman–Crippen LogP) is 6.33. The Morgan fingerprint density at radius 2 is 1.81 bits per heavy atom. The van der Waals surface area contributed by atoms with Crippen molar-refractivity contribution < 1.29 is 4.79 Å². The van der Waals surface area contributed by atoms with Crippen LogP contribution in [0.25, 0.3) is 22.3 Å². The van der Waals surface area contributed by atoms with Crippen LogP contribution < -0.4 is 5.32 Å². The van der Waals surface area contributed by atoms with Crippen molar-refractivity contribution in [3.63, 3.8) is 0 Å². The van der Waals surface area contributed by atoms with Gasteiger partial charge in [-0.1, -0.05) is 42.5 Å². The maximum atomic E-state index is 12.8. The Balaban J connectivity index is 1.34. The summed E-state index contributed by atoms with van der Waals surface area (Å²) in [7, 11) is 0. The van der Waals surface area contributed by atoms with Gasteiger partial charge in [-0.2, -0.15) is 0 Å². The van der Waals surface area contributed by atoms with E-state index < -0.39 is 0 Å². The van der Waals surface area contributed by atoms with E-state index in [9.17, 15) is 4.79 Å². The lowest BCUT2D eigenvalue weighted by Gasteiger charge is -2.15. The van der Waals surface area contributed by atoms with Gasteiger partial charge in [0.2, 0.25) is 0 Å². The van der Waals surface area contributed by atoms with E-state index in [-0.39, 0.29) is 11.9 Å². The molecule has 2 aromatic heterocycles. The Kier molecular flexibility index (Phi) is 5.29. The maximum Gasteiger partial charge on any atom is 0.255 e. The van der Waals surface area contributed by atoms with Gasteiger partial charge >= 0.3 is 0 Å². The van der Waals surface area contributed by atoms with Gasteiger partial charge in [0.15, 0.2) is 0 Å². The molecule has 0 aliphatic heterocycles. The number of hydrogen-bond acceptors (Lipinski definition) is 4. The van der Waals surface area contributed by atoms with E-state index in [1.54, 1.807) is 11.3 Å². The molecule has 32 heavy (non-hydrogen) atoms. The second-order valence-corrected chi connectivity index (χ2v) is 8.79. The Morgan fingerprint density at radius 1 is 1.03 bits per heavy atom. The number of thiazole rings is 1. The summed E-state index contributed by atoms with van der Waals surface area (Å²) >= 11 is 1.62. The highest BCUT2D eigenvalue weighted by molar-refractivity contribution is 7.09. The van der Waals surface area contributed by atoms with E-state index in [1.165, 1.54) is 5.56 Å². The second-order valence-electron chi connectivity index (χ2n) is 7.73. The minimum absolute atomic E-state index is 0.151. The van der Waals surface area contributed by atoms with Gasteiger partial charge in [-0.3, -0.25) is 4.79 Å². The third kappa shape index (κ3) is 3.92. The molecule has 3 aromatic carbocycles. The zero-order chi connectivity index (χ0) is 22.1. The third-order valence-electron chi connectivity index (χ3n) is 5.59. The third-order valence-corrected chi connectivity index (χ3v) is 6.37. The summed E-state index contributed by atoms with van der Waals surface area (Å²) in [5, 5.41) is 6.03. The van der Waals surface area contributed by atoms with Crippen molar-refractivity contribution in [2.45, 2.75) is 19.9 Å². The zero-order valence-electron chi connectivity index (χ0n) is 17.8. The monoisotopic (exact) mass is 438 g/mol. The first-order valence-electron chi connectivity index (χ1n) is 10.4. The zero-order valence-corrected chi connectivity index (χ0v) is 18.6. The number of hydrogen-bond donors (Lipinski definition) is 1. The number of anilines is 1. The molecule has 2 heterocycles. The lowest BCUT2D eigenvalue weighted by Crippen LogP contribution is -2.11. The number of amides is 1. The molecule has 0 aliphatic rings. The maximum absolute atomic E-state index is 12.8. The molecule has 0 radical (unpaired) electrons. The molecule has 0 fully saturated rings. The number of nitrogens with zero attached hydrogens (tertiary/aromatic N) is 3. The number of aryl methyl sites for hydroxylation is 1. The molecule has 5 rings (SSSR count).